The summed E-state index contributed by atoms with van der Waals surface area (Å²) in [6.45, 7) is 6.63. The predicted molar refractivity (Wildman–Crippen MR) is 108 cm³/mol. The number of nitrogens with two attached hydrogens (primary N) is 1. The molecule has 0 unspecified atom stereocenters. The third kappa shape index (κ3) is 31.6. The van der Waals surface area contributed by atoms with Crippen LogP contribution in [0.25, 0.3) is 0 Å². The predicted octanol–water partition coefficient (Wildman–Crippen LogP) is 5.51. The SMILES string of the molecule is CC(C)CCCCCCCCCCCCCCC(=O)O.C[C@@H](O)CN. The van der Waals surface area contributed by atoms with Gasteiger partial charge in [0.05, 0.1) is 6.10 Å². The number of aliphatic hydroxyl groups is 1. The van der Waals surface area contributed by atoms with Gasteiger partial charge in [-0.3, -0.25) is 4.79 Å². The molecule has 0 fully saturated rings. The number of carbonyl (C=O) groups is 1. The van der Waals surface area contributed by atoms with Gasteiger partial charge in [-0.1, -0.05) is 90.9 Å². The second-order valence-electron chi connectivity index (χ2n) is 7.65. The van der Waals surface area contributed by atoms with Crippen LogP contribution in [0.3, 0.4) is 0 Å². The maximum absolute atomic E-state index is 10.3. The molecule has 0 saturated carbocycles. The molecule has 0 aromatic carbocycles. The Kier molecular flexibility index (Phi) is 22.8. The van der Waals surface area contributed by atoms with E-state index in [1.807, 2.05) is 0 Å². The molecule has 0 aromatic rings. The highest BCUT2D eigenvalue weighted by Crippen LogP contribution is 2.14. The van der Waals surface area contributed by atoms with Crippen molar-refractivity contribution < 1.29 is 15.0 Å². The van der Waals surface area contributed by atoms with Crippen LogP contribution < -0.4 is 5.73 Å². The van der Waals surface area contributed by atoms with Crippen molar-refractivity contribution in [1.29, 1.82) is 0 Å². The molecule has 0 radical (unpaired) electrons. The van der Waals surface area contributed by atoms with Crippen LogP contribution >= 0.6 is 0 Å². The Balaban J connectivity index is 0. The van der Waals surface area contributed by atoms with E-state index in [2.05, 4.69) is 13.8 Å². The summed E-state index contributed by atoms with van der Waals surface area (Å²) in [5.74, 6) is 0.212. The van der Waals surface area contributed by atoms with Crippen molar-refractivity contribution in [2.24, 2.45) is 11.7 Å². The maximum Gasteiger partial charge on any atom is 0.303 e. The highest BCUT2D eigenvalue weighted by molar-refractivity contribution is 5.66. The molecule has 0 aliphatic carbocycles. The Hall–Kier alpha value is -0.610. The van der Waals surface area contributed by atoms with E-state index in [-0.39, 0.29) is 6.10 Å². The highest BCUT2D eigenvalue weighted by atomic mass is 16.4. The van der Waals surface area contributed by atoms with Crippen LogP contribution in [-0.2, 0) is 4.79 Å². The van der Waals surface area contributed by atoms with Gasteiger partial charge in [0.15, 0.2) is 0 Å². The van der Waals surface area contributed by atoms with Gasteiger partial charge in [-0.05, 0) is 19.3 Å². The fourth-order valence-corrected chi connectivity index (χ4v) is 2.60. The van der Waals surface area contributed by atoms with Gasteiger partial charge in [-0.2, -0.15) is 0 Å². The molecule has 0 aliphatic heterocycles. The average Bonchev–Trinajstić information content (AvgIpc) is 2.55. The van der Waals surface area contributed by atoms with Gasteiger partial charge in [-0.25, -0.2) is 0 Å². The number of carboxylic acids is 1. The second-order valence-corrected chi connectivity index (χ2v) is 7.65. The second kappa shape index (κ2) is 21.4. The first-order chi connectivity index (χ1) is 11.9. The Bertz CT molecular complexity index is 268. The lowest BCUT2D eigenvalue weighted by molar-refractivity contribution is -0.137. The Morgan fingerprint density at radius 1 is 0.760 bits per heavy atom. The van der Waals surface area contributed by atoms with Crippen molar-refractivity contribution in [3.8, 4) is 0 Å². The normalized spacial score (nSPS) is 11.9. The fraction of sp³-hybridized carbons (Fsp3) is 0.952. The monoisotopic (exact) mass is 359 g/mol. The van der Waals surface area contributed by atoms with E-state index in [0.29, 0.717) is 13.0 Å². The van der Waals surface area contributed by atoms with Crippen LogP contribution in [0, 0.1) is 5.92 Å². The molecule has 0 rings (SSSR count). The van der Waals surface area contributed by atoms with Gasteiger partial charge in [0.25, 0.3) is 0 Å². The van der Waals surface area contributed by atoms with E-state index in [9.17, 15) is 4.79 Å². The molecule has 4 N–H and O–H groups in total. The molecule has 0 bridgehead atoms. The molecule has 0 amide bonds. The molecule has 0 heterocycles. The molecular weight excluding hydrogens is 314 g/mol. The molecule has 152 valence electrons. The largest absolute Gasteiger partial charge is 0.481 e. The molecule has 0 aliphatic rings. The van der Waals surface area contributed by atoms with E-state index in [1.54, 1.807) is 6.92 Å². The van der Waals surface area contributed by atoms with Gasteiger partial charge in [-0.15, -0.1) is 0 Å². The summed E-state index contributed by atoms with van der Waals surface area (Å²) >= 11 is 0. The molecular formula is C21H45NO3. The molecule has 0 saturated heterocycles. The summed E-state index contributed by atoms with van der Waals surface area (Å²) in [5.41, 5.74) is 4.92. The zero-order valence-electron chi connectivity index (χ0n) is 17.1. The number of carboxylic acid groups (broad SMARTS) is 1. The van der Waals surface area contributed by atoms with Crippen LogP contribution in [0.4, 0.5) is 0 Å². The first kappa shape index (κ1) is 26.6. The van der Waals surface area contributed by atoms with Gasteiger partial charge >= 0.3 is 5.97 Å². The summed E-state index contributed by atoms with van der Waals surface area (Å²) in [6.07, 6.45) is 17.0. The van der Waals surface area contributed by atoms with Crippen molar-refractivity contribution in [3.63, 3.8) is 0 Å². The molecule has 25 heavy (non-hydrogen) atoms. The molecule has 4 nitrogen and oxygen atoms in total. The van der Waals surface area contributed by atoms with E-state index in [0.717, 1.165) is 18.8 Å². The van der Waals surface area contributed by atoms with Crippen molar-refractivity contribution >= 4 is 5.97 Å². The highest BCUT2D eigenvalue weighted by Gasteiger charge is 1.97. The summed E-state index contributed by atoms with van der Waals surface area (Å²) in [7, 11) is 0. The summed E-state index contributed by atoms with van der Waals surface area (Å²) < 4.78 is 0. The van der Waals surface area contributed by atoms with Crippen LogP contribution in [0.5, 0.6) is 0 Å². The molecule has 0 spiro atoms. The minimum Gasteiger partial charge on any atom is -0.481 e. The van der Waals surface area contributed by atoms with Crippen molar-refractivity contribution in [3.05, 3.63) is 0 Å². The molecule has 4 heteroatoms. The third-order valence-corrected chi connectivity index (χ3v) is 4.26. The van der Waals surface area contributed by atoms with Crippen molar-refractivity contribution in [2.75, 3.05) is 6.54 Å². The zero-order chi connectivity index (χ0) is 19.3. The number of unbranched alkanes of at least 4 members (excludes halogenated alkanes) is 11. The van der Waals surface area contributed by atoms with Gasteiger partial charge < -0.3 is 15.9 Å². The van der Waals surface area contributed by atoms with E-state index < -0.39 is 5.97 Å². The van der Waals surface area contributed by atoms with E-state index in [1.165, 1.54) is 70.6 Å². The Labute approximate surface area is 156 Å². The number of rotatable bonds is 16. The maximum atomic E-state index is 10.3. The number of aliphatic carboxylic acids is 1. The smallest absolute Gasteiger partial charge is 0.303 e. The quantitative estimate of drug-likeness (QED) is 0.317. The number of aliphatic hydroxyl groups excluding tert-OH is 1. The van der Waals surface area contributed by atoms with Gasteiger partial charge in [0.2, 0.25) is 0 Å². The minimum atomic E-state index is -0.654. The van der Waals surface area contributed by atoms with Crippen LogP contribution in [0.15, 0.2) is 0 Å². The molecule has 0 aromatic heterocycles. The first-order valence-corrected chi connectivity index (χ1v) is 10.5. The summed E-state index contributed by atoms with van der Waals surface area (Å²) in [6, 6.07) is 0. The van der Waals surface area contributed by atoms with Crippen LogP contribution in [-0.4, -0.2) is 28.8 Å². The third-order valence-electron chi connectivity index (χ3n) is 4.26. The number of hydrogen-bond acceptors (Lipinski definition) is 3. The Morgan fingerprint density at radius 2 is 1.08 bits per heavy atom. The first-order valence-electron chi connectivity index (χ1n) is 10.5. The summed E-state index contributed by atoms with van der Waals surface area (Å²) in [4.78, 5) is 10.3. The average molecular weight is 360 g/mol. The lowest BCUT2D eigenvalue weighted by atomic mass is 10.0. The zero-order valence-corrected chi connectivity index (χ0v) is 17.1. The van der Waals surface area contributed by atoms with E-state index in [4.69, 9.17) is 15.9 Å². The topological polar surface area (TPSA) is 83.5 Å². The standard InChI is InChI=1S/C18H36O2.C3H9NO/c1-17(2)15-13-11-9-7-5-3-4-6-8-10-12-14-16-18(19)20;1-3(5)2-4/h17H,3-16H2,1-2H3,(H,19,20);3,5H,2,4H2,1H3/t;3-/m.1/s1. The minimum absolute atomic E-state index is 0.338. The Morgan fingerprint density at radius 3 is 1.36 bits per heavy atom. The van der Waals surface area contributed by atoms with Crippen LogP contribution in [0.2, 0.25) is 0 Å². The lowest BCUT2D eigenvalue weighted by Gasteiger charge is -2.04. The van der Waals surface area contributed by atoms with E-state index >= 15 is 0 Å². The van der Waals surface area contributed by atoms with Gasteiger partial charge in [0.1, 0.15) is 0 Å². The van der Waals surface area contributed by atoms with Gasteiger partial charge in [0, 0.05) is 13.0 Å². The number of hydrogen-bond donors (Lipinski definition) is 3. The van der Waals surface area contributed by atoms with Crippen LogP contribution in [0.1, 0.15) is 111 Å². The molecule has 1 atom stereocenters. The van der Waals surface area contributed by atoms with Crippen molar-refractivity contribution in [1.82, 2.24) is 0 Å². The van der Waals surface area contributed by atoms with Crippen molar-refractivity contribution in [2.45, 2.75) is 117 Å². The lowest BCUT2D eigenvalue weighted by Crippen LogP contribution is -2.14. The summed E-state index contributed by atoms with van der Waals surface area (Å²) in [5, 5.41) is 16.8. The fourth-order valence-electron chi connectivity index (χ4n) is 2.60.